The molecule has 0 atom stereocenters. The molecule has 0 saturated carbocycles. The zero-order chi connectivity index (χ0) is 20.6. The maximum Gasteiger partial charge on any atom is 0.0200 e. The highest BCUT2D eigenvalue weighted by Gasteiger charge is 2.10. The molecule has 0 N–H and O–H groups in total. The molecule has 31 heavy (non-hydrogen) atoms. The molecule has 0 amide bonds. The monoisotopic (exact) mass is 414 g/mol. The zero-order valence-corrected chi connectivity index (χ0v) is 18.0. The third-order valence-electron chi connectivity index (χ3n) is 6.26. The normalized spacial score (nSPS) is 11.6. The average molecular weight is 415 g/mol. The number of benzene rings is 6. The topological polar surface area (TPSA) is 0 Å². The molecule has 0 aromatic heterocycles. The molecule has 0 aliphatic rings. The van der Waals surface area contributed by atoms with Gasteiger partial charge in [0.05, 0.1) is 0 Å². The predicted octanol–water partition coefficient (Wildman–Crippen LogP) is 8.73. The Morgan fingerprint density at radius 3 is 1.00 bits per heavy atom. The summed E-state index contributed by atoms with van der Waals surface area (Å²) in [6.07, 6.45) is 0. The van der Waals surface area contributed by atoms with Crippen LogP contribution in [0.4, 0.5) is 0 Å². The van der Waals surface area contributed by atoms with Crippen LogP contribution in [0.5, 0.6) is 0 Å². The maximum atomic E-state index is 2.32. The standard InChI is InChI=1S/C30H22S/c1-5-13-25-21(9-1)17-22-10-2-6-14-26(22)29(25)19-31-20-30-27-15-7-3-11-23(27)18-24-12-4-8-16-28(24)30/h1-18H,19-20H2. The van der Waals surface area contributed by atoms with Crippen molar-refractivity contribution in [1.29, 1.82) is 0 Å². The molecule has 148 valence electrons. The Labute approximate surface area is 186 Å². The van der Waals surface area contributed by atoms with Crippen LogP contribution in [-0.2, 0) is 11.5 Å². The van der Waals surface area contributed by atoms with E-state index in [0.29, 0.717) is 0 Å². The number of hydrogen-bond acceptors (Lipinski definition) is 1. The summed E-state index contributed by atoms with van der Waals surface area (Å²) in [7, 11) is 0. The summed E-state index contributed by atoms with van der Waals surface area (Å²) in [5.41, 5.74) is 2.89. The Hall–Kier alpha value is -3.29. The molecule has 6 aromatic rings. The van der Waals surface area contributed by atoms with E-state index in [9.17, 15) is 0 Å². The quantitative estimate of drug-likeness (QED) is 0.260. The molecule has 0 nitrogen and oxygen atoms in total. The molecular formula is C30H22S. The second kappa shape index (κ2) is 7.76. The summed E-state index contributed by atoms with van der Waals surface area (Å²) in [4.78, 5) is 0. The SMILES string of the molecule is c1ccc2c(CSCc3c4ccccc4cc4ccccc34)c3ccccc3cc2c1. The van der Waals surface area contributed by atoms with Gasteiger partial charge in [0.1, 0.15) is 0 Å². The number of hydrogen-bond donors (Lipinski definition) is 0. The minimum Gasteiger partial charge on any atom is -0.152 e. The van der Waals surface area contributed by atoms with E-state index in [-0.39, 0.29) is 0 Å². The zero-order valence-electron chi connectivity index (χ0n) is 17.2. The van der Waals surface area contributed by atoms with Gasteiger partial charge in [0, 0.05) is 11.5 Å². The van der Waals surface area contributed by atoms with Crippen LogP contribution >= 0.6 is 11.8 Å². The lowest BCUT2D eigenvalue weighted by atomic mass is 9.98. The Bertz CT molecular complexity index is 1330. The lowest BCUT2D eigenvalue weighted by molar-refractivity contribution is 1.45. The highest BCUT2D eigenvalue weighted by atomic mass is 32.2. The summed E-state index contributed by atoms with van der Waals surface area (Å²) in [6, 6.07) is 39.8. The van der Waals surface area contributed by atoms with Crippen LogP contribution in [0.25, 0.3) is 43.1 Å². The Kier molecular flexibility index (Phi) is 4.62. The molecule has 0 unspecified atom stereocenters. The van der Waals surface area contributed by atoms with Gasteiger partial charge >= 0.3 is 0 Å². The van der Waals surface area contributed by atoms with Crippen molar-refractivity contribution in [1.82, 2.24) is 0 Å². The van der Waals surface area contributed by atoms with Crippen molar-refractivity contribution in [3.63, 3.8) is 0 Å². The van der Waals surface area contributed by atoms with Gasteiger partial charge in [0.2, 0.25) is 0 Å². The van der Waals surface area contributed by atoms with E-state index in [0.717, 1.165) is 11.5 Å². The highest BCUT2D eigenvalue weighted by molar-refractivity contribution is 7.97. The van der Waals surface area contributed by atoms with Crippen LogP contribution in [0.1, 0.15) is 11.1 Å². The number of rotatable bonds is 4. The summed E-state index contributed by atoms with van der Waals surface area (Å²) in [5, 5.41) is 10.8. The fourth-order valence-electron chi connectivity index (χ4n) is 4.78. The van der Waals surface area contributed by atoms with Gasteiger partial charge in [-0.2, -0.15) is 11.8 Å². The average Bonchev–Trinajstić information content (AvgIpc) is 2.83. The van der Waals surface area contributed by atoms with Crippen molar-refractivity contribution in [3.8, 4) is 0 Å². The van der Waals surface area contributed by atoms with Gasteiger partial charge in [0.15, 0.2) is 0 Å². The third-order valence-corrected chi connectivity index (χ3v) is 7.24. The molecule has 0 spiro atoms. The van der Waals surface area contributed by atoms with Gasteiger partial charge in [-0.05, 0) is 66.3 Å². The summed E-state index contributed by atoms with van der Waals surface area (Å²) in [6.45, 7) is 0. The number of fused-ring (bicyclic) bond motifs is 4. The summed E-state index contributed by atoms with van der Waals surface area (Å²) >= 11 is 2.02. The first-order chi connectivity index (χ1) is 15.4. The first-order valence-corrected chi connectivity index (χ1v) is 11.9. The van der Waals surface area contributed by atoms with E-state index in [4.69, 9.17) is 0 Å². The predicted molar refractivity (Wildman–Crippen MR) is 138 cm³/mol. The van der Waals surface area contributed by atoms with Gasteiger partial charge in [-0.1, -0.05) is 97.1 Å². The van der Waals surface area contributed by atoms with Gasteiger partial charge in [-0.15, -0.1) is 0 Å². The Morgan fingerprint density at radius 1 is 0.387 bits per heavy atom. The second-order valence-electron chi connectivity index (χ2n) is 8.09. The van der Waals surface area contributed by atoms with Crippen molar-refractivity contribution in [2.75, 3.05) is 0 Å². The fraction of sp³-hybridized carbons (Fsp3) is 0.0667. The molecular weight excluding hydrogens is 392 g/mol. The van der Waals surface area contributed by atoms with E-state index in [2.05, 4.69) is 109 Å². The van der Waals surface area contributed by atoms with Crippen LogP contribution in [0.2, 0.25) is 0 Å². The molecule has 6 aromatic carbocycles. The van der Waals surface area contributed by atoms with Crippen LogP contribution in [0.3, 0.4) is 0 Å². The molecule has 0 aliphatic carbocycles. The van der Waals surface area contributed by atoms with Crippen LogP contribution < -0.4 is 0 Å². The highest BCUT2D eigenvalue weighted by Crippen LogP contribution is 2.35. The van der Waals surface area contributed by atoms with Gasteiger partial charge in [-0.25, -0.2) is 0 Å². The largest absolute Gasteiger partial charge is 0.152 e. The second-order valence-corrected chi connectivity index (χ2v) is 9.07. The lowest BCUT2D eigenvalue weighted by Gasteiger charge is -2.14. The van der Waals surface area contributed by atoms with E-state index in [1.54, 1.807) is 0 Å². The van der Waals surface area contributed by atoms with Crippen LogP contribution in [-0.4, -0.2) is 0 Å². The molecule has 0 bridgehead atoms. The van der Waals surface area contributed by atoms with Crippen molar-refractivity contribution in [3.05, 3.63) is 120 Å². The van der Waals surface area contributed by atoms with Crippen LogP contribution in [0, 0.1) is 0 Å². The van der Waals surface area contributed by atoms with Crippen molar-refractivity contribution in [2.45, 2.75) is 11.5 Å². The van der Waals surface area contributed by atoms with E-state index in [1.807, 2.05) is 11.8 Å². The summed E-state index contributed by atoms with van der Waals surface area (Å²) in [5.74, 6) is 2.00. The number of thioether (sulfide) groups is 1. The third kappa shape index (κ3) is 3.26. The molecule has 0 aliphatic heterocycles. The molecule has 0 heterocycles. The van der Waals surface area contributed by atoms with Gasteiger partial charge in [0.25, 0.3) is 0 Å². The first kappa shape index (κ1) is 18.5. The van der Waals surface area contributed by atoms with Crippen LogP contribution in [0.15, 0.2) is 109 Å². The van der Waals surface area contributed by atoms with Gasteiger partial charge in [-0.3, -0.25) is 0 Å². The molecule has 1 heteroatoms. The maximum absolute atomic E-state index is 2.32. The van der Waals surface area contributed by atoms with E-state index >= 15 is 0 Å². The lowest BCUT2D eigenvalue weighted by Crippen LogP contribution is -1.91. The molecule has 0 fully saturated rings. The first-order valence-electron chi connectivity index (χ1n) is 10.7. The minimum absolute atomic E-state index is 0.999. The summed E-state index contributed by atoms with van der Waals surface area (Å²) < 4.78 is 0. The Balaban J connectivity index is 1.43. The molecule has 0 radical (unpaired) electrons. The van der Waals surface area contributed by atoms with Crippen molar-refractivity contribution in [2.24, 2.45) is 0 Å². The molecule has 6 rings (SSSR count). The van der Waals surface area contributed by atoms with Crippen molar-refractivity contribution >= 4 is 54.9 Å². The van der Waals surface area contributed by atoms with E-state index < -0.39 is 0 Å². The minimum atomic E-state index is 0.999. The van der Waals surface area contributed by atoms with Gasteiger partial charge < -0.3 is 0 Å². The van der Waals surface area contributed by atoms with E-state index in [1.165, 1.54) is 54.2 Å². The fourth-order valence-corrected chi connectivity index (χ4v) is 5.91. The Morgan fingerprint density at radius 2 is 0.677 bits per heavy atom. The van der Waals surface area contributed by atoms with Crippen molar-refractivity contribution < 1.29 is 0 Å². The molecule has 0 saturated heterocycles. The smallest absolute Gasteiger partial charge is 0.0200 e.